The molecule has 0 radical (unpaired) electrons. The summed E-state index contributed by atoms with van der Waals surface area (Å²) in [7, 11) is 0. The first-order valence-corrected chi connectivity index (χ1v) is 6.27. The predicted molar refractivity (Wildman–Crippen MR) is 70.0 cm³/mol. The Labute approximate surface area is 109 Å². The summed E-state index contributed by atoms with van der Waals surface area (Å²) in [5.74, 6) is -0.262. The topological polar surface area (TPSA) is 48.7 Å². The van der Waals surface area contributed by atoms with Gasteiger partial charge in [0.2, 0.25) is 0 Å². The van der Waals surface area contributed by atoms with Crippen molar-refractivity contribution in [2.45, 2.75) is 19.9 Å². The number of hydrogen-bond acceptors (Lipinski definition) is 4. The molecule has 0 aliphatic rings. The van der Waals surface area contributed by atoms with Crippen LogP contribution in [0.1, 0.15) is 29.8 Å². The van der Waals surface area contributed by atoms with Gasteiger partial charge in [-0.15, -0.1) is 0 Å². The van der Waals surface area contributed by atoms with Crippen LogP contribution in [0, 0.1) is 24.1 Å². The molecule has 0 aliphatic heterocycles. The van der Waals surface area contributed by atoms with E-state index >= 15 is 0 Å². The van der Waals surface area contributed by atoms with Crippen molar-refractivity contribution in [3.8, 4) is 6.07 Å². The molecule has 2 aromatic rings. The molecule has 0 saturated carbocycles. The minimum atomic E-state index is -0.262. The Morgan fingerprint density at radius 2 is 2.28 bits per heavy atom. The molecule has 0 saturated heterocycles. The minimum absolute atomic E-state index is 0.0763. The van der Waals surface area contributed by atoms with Crippen molar-refractivity contribution < 1.29 is 4.39 Å². The zero-order valence-corrected chi connectivity index (χ0v) is 10.9. The minimum Gasteiger partial charge on any atom is -0.368 e. The van der Waals surface area contributed by atoms with Gasteiger partial charge < -0.3 is 5.32 Å². The van der Waals surface area contributed by atoms with Crippen LogP contribution >= 0.6 is 11.5 Å². The largest absolute Gasteiger partial charge is 0.368 e. The van der Waals surface area contributed by atoms with Crippen LogP contribution in [0.5, 0.6) is 0 Å². The maximum Gasteiger partial charge on any atom is 0.128 e. The lowest BCUT2D eigenvalue weighted by molar-refractivity contribution is 0.624. The molecule has 1 heterocycles. The van der Waals surface area contributed by atoms with Gasteiger partial charge in [0, 0.05) is 6.04 Å². The highest BCUT2D eigenvalue weighted by Gasteiger charge is 2.13. The van der Waals surface area contributed by atoms with E-state index in [0.29, 0.717) is 5.56 Å². The maximum absolute atomic E-state index is 13.1. The quantitative estimate of drug-likeness (QED) is 0.917. The van der Waals surface area contributed by atoms with Crippen LogP contribution in [0.2, 0.25) is 0 Å². The Kier molecular flexibility index (Phi) is 3.58. The number of aryl methyl sites for hydroxylation is 1. The smallest absolute Gasteiger partial charge is 0.128 e. The van der Waals surface area contributed by atoms with Crippen molar-refractivity contribution in [1.82, 2.24) is 4.37 Å². The molecule has 0 bridgehead atoms. The molecular formula is C13H12FN3S. The fourth-order valence-electron chi connectivity index (χ4n) is 1.66. The average molecular weight is 261 g/mol. The van der Waals surface area contributed by atoms with Crippen molar-refractivity contribution in [2.24, 2.45) is 0 Å². The summed E-state index contributed by atoms with van der Waals surface area (Å²) < 4.78 is 17.3. The number of nitrogens with zero attached hydrogens (tertiary/aromatic N) is 2. The lowest BCUT2D eigenvalue weighted by Crippen LogP contribution is -2.06. The van der Waals surface area contributed by atoms with Gasteiger partial charge in [-0.25, -0.2) is 4.39 Å². The van der Waals surface area contributed by atoms with Crippen LogP contribution in [-0.4, -0.2) is 4.37 Å². The van der Waals surface area contributed by atoms with Gasteiger partial charge in [0.25, 0.3) is 0 Å². The average Bonchev–Trinajstić information content (AvgIpc) is 2.69. The molecular weight excluding hydrogens is 249 g/mol. The van der Waals surface area contributed by atoms with Crippen molar-refractivity contribution in [2.75, 3.05) is 5.32 Å². The van der Waals surface area contributed by atoms with Gasteiger partial charge in [-0.3, -0.25) is 0 Å². The van der Waals surface area contributed by atoms with E-state index in [9.17, 15) is 4.39 Å². The van der Waals surface area contributed by atoms with Gasteiger partial charge in [-0.2, -0.15) is 9.64 Å². The number of aromatic nitrogens is 1. The highest BCUT2D eigenvalue weighted by atomic mass is 32.1. The summed E-state index contributed by atoms with van der Waals surface area (Å²) in [6.07, 6.45) is 0. The van der Waals surface area contributed by atoms with Gasteiger partial charge in [0.15, 0.2) is 0 Å². The molecule has 92 valence electrons. The van der Waals surface area contributed by atoms with Crippen molar-refractivity contribution in [1.29, 1.82) is 5.26 Å². The summed E-state index contributed by atoms with van der Waals surface area (Å²) >= 11 is 1.25. The monoisotopic (exact) mass is 261 g/mol. The Morgan fingerprint density at radius 3 is 2.94 bits per heavy atom. The second-order valence-electron chi connectivity index (χ2n) is 4.00. The van der Waals surface area contributed by atoms with Gasteiger partial charge in [0.05, 0.1) is 5.69 Å². The first-order chi connectivity index (χ1) is 8.61. The fourth-order valence-corrected chi connectivity index (χ4v) is 2.49. The van der Waals surface area contributed by atoms with E-state index in [0.717, 1.165) is 16.3 Å². The molecule has 1 N–H and O–H groups in total. The zero-order valence-electron chi connectivity index (χ0n) is 10.1. The first kappa shape index (κ1) is 12.5. The van der Waals surface area contributed by atoms with E-state index in [1.54, 1.807) is 13.0 Å². The van der Waals surface area contributed by atoms with Gasteiger partial charge in [-0.1, -0.05) is 12.1 Å². The van der Waals surface area contributed by atoms with Crippen LogP contribution in [0.25, 0.3) is 0 Å². The summed E-state index contributed by atoms with van der Waals surface area (Å²) in [5.41, 5.74) is 2.12. The molecule has 1 aromatic carbocycles. The number of rotatable bonds is 3. The second kappa shape index (κ2) is 5.15. The Balaban J connectivity index is 2.22. The molecule has 2 rings (SSSR count). The zero-order chi connectivity index (χ0) is 13.1. The maximum atomic E-state index is 13.1. The molecule has 5 heteroatoms. The highest BCUT2D eigenvalue weighted by molar-refractivity contribution is 7.10. The Morgan fingerprint density at radius 1 is 1.50 bits per heavy atom. The van der Waals surface area contributed by atoms with Crippen molar-refractivity contribution in [3.05, 3.63) is 46.9 Å². The lowest BCUT2D eigenvalue weighted by Gasteiger charge is -2.14. The van der Waals surface area contributed by atoms with Crippen LogP contribution in [0.3, 0.4) is 0 Å². The molecule has 18 heavy (non-hydrogen) atoms. The number of nitrogens with one attached hydrogen (secondary N) is 1. The Bertz CT molecular complexity index is 601. The van der Waals surface area contributed by atoms with Crippen LogP contribution < -0.4 is 5.32 Å². The third kappa shape index (κ3) is 2.49. The molecule has 0 spiro atoms. The molecule has 1 unspecified atom stereocenters. The predicted octanol–water partition coefficient (Wildman–Crippen LogP) is 3.64. The molecule has 0 aliphatic carbocycles. The fraction of sp³-hybridized carbons (Fsp3) is 0.231. The lowest BCUT2D eigenvalue weighted by atomic mass is 10.1. The third-order valence-corrected chi connectivity index (χ3v) is 3.54. The summed E-state index contributed by atoms with van der Waals surface area (Å²) in [5, 5.41) is 13.0. The number of benzene rings is 1. The molecule has 1 atom stereocenters. The second-order valence-corrected chi connectivity index (χ2v) is 4.78. The van der Waals surface area contributed by atoms with Gasteiger partial charge >= 0.3 is 0 Å². The van der Waals surface area contributed by atoms with Crippen LogP contribution in [-0.2, 0) is 0 Å². The van der Waals surface area contributed by atoms with Crippen LogP contribution in [0.4, 0.5) is 9.39 Å². The number of nitriles is 1. The normalized spacial score (nSPS) is 11.9. The van der Waals surface area contributed by atoms with Gasteiger partial charge in [-0.05, 0) is 43.1 Å². The van der Waals surface area contributed by atoms with Crippen molar-refractivity contribution in [3.63, 3.8) is 0 Å². The van der Waals surface area contributed by atoms with E-state index < -0.39 is 0 Å². The van der Waals surface area contributed by atoms with E-state index in [-0.39, 0.29) is 11.9 Å². The van der Waals surface area contributed by atoms with E-state index in [2.05, 4.69) is 15.8 Å². The standard InChI is InChI=1S/C13H12FN3S/c1-8(10-4-3-5-11(14)6-10)16-13-12(7-15)9(2)17-18-13/h3-6,8,16H,1-2H3. The first-order valence-electron chi connectivity index (χ1n) is 5.50. The van der Waals surface area contributed by atoms with Gasteiger partial charge in [0.1, 0.15) is 22.5 Å². The number of halogens is 1. The molecule has 1 aromatic heterocycles. The van der Waals surface area contributed by atoms with Crippen LogP contribution in [0.15, 0.2) is 24.3 Å². The SMILES string of the molecule is Cc1nsc(NC(C)c2cccc(F)c2)c1C#N. The number of hydrogen-bond donors (Lipinski definition) is 1. The van der Waals surface area contributed by atoms with Crippen molar-refractivity contribution >= 4 is 16.5 Å². The molecule has 0 fully saturated rings. The third-order valence-electron chi connectivity index (χ3n) is 2.67. The van der Waals surface area contributed by atoms with E-state index in [1.807, 2.05) is 13.0 Å². The number of anilines is 1. The summed E-state index contributed by atoms with van der Waals surface area (Å²) in [6, 6.07) is 8.46. The summed E-state index contributed by atoms with van der Waals surface area (Å²) in [6.45, 7) is 3.72. The summed E-state index contributed by atoms with van der Waals surface area (Å²) in [4.78, 5) is 0. The molecule has 3 nitrogen and oxygen atoms in total. The molecule has 0 amide bonds. The highest BCUT2D eigenvalue weighted by Crippen LogP contribution is 2.27. The van der Waals surface area contributed by atoms with E-state index in [1.165, 1.54) is 23.7 Å². The van der Waals surface area contributed by atoms with E-state index in [4.69, 9.17) is 5.26 Å². The Hall–Kier alpha value is -1.93.